The van der Waals surface area contributed by atoms with Crippen LogP contribution in [0.15, 0.2) is 17.5 Å². The van der Waals surface area contributed by atoms with Crippen LogP contribution in [0.2, 0.25) is 0 Å². The third kappa shape index (κ3) is 2.14. The first kappa shape index (κ1) is 13.1. The standard InChI is InChI=1S/C13H17NO3S/c1-7(8-5-4-6-18-8)14-11(15)9-10(12(16)17)13(9,2)3/h4-7,9-10H,1-3H3,(H,14,15)(H,16,17)/t7-,9-,10+/m1/s1. The Morgan fingerprint density at radius 3 is 2.56 bits per heavy atom. The van der Waals surface area contributed by atoms with Crippen LogP contribution in [0.1, 0.15) is 31.7 Å². The van der Waals surface area contributed by atoms with Crippen LogP contribution in [0.4, 0.5) is 0 Å². The van der Waals surface area contributed by atoms with Crippen LogP contribution < -0.4 is 5.32 Å². The molecule has 0 aromatic carbocycles. The highest BCUT2D eigenvalue weighted by atomic mass is 32.1. The van der Waals surface area contributed by atoms with E-state index in [1.807, 2.05) is 38.3 Å². The first-order chi connectivity index (χ1) is 8.35. The van der Waals surface area contributed by atoms with Gasteiger partial charge in [-0.05, 0) is 23.8 Å². The lowest BCUT2D eigenvalue weighted by Gasteiger charge is -2.12. The molecule has 0 saturated heterocycles. The number of aliphatic carboxylic acids is 1. The van der Waals surface area contributed by atoms with Crippen molar-refractivity contribution in [2.75, 3.05) is 0 Å². The molecule has 1 saturated carbocycles. The normalized spacial score (nSPS) is 26.4. The summed E-state index contributed by atoms with van der Waals surface area (Å²) in [5.74, 6) is -2.03. The summed E-state index contributed by atoms with van der Waals surface area (Å²) in [6.07, 6.45) is 0. The first-order valence-corrected chi connectivity index (χ1v) is 6.80. The highest BCUT2D eigenvalue weighted by molar-refractivity contribution is 7.10. The van der Waals surface area contributed by atoms with Gasteiger partial charge in [0.15, 0.2) is 0 Å². The van der Waals surface area contributed by atoms with Crippen LogP contribution in [0.3, 0.4) is 0 Å². The average Bonchev–Trinajstić information content (AvgIpc) is 2.67. The predicted octanol–water partition coefficient (Wildman–Crippen LogP) is 2.28. The highest BCUT2D eigenvalue weighted by Gasteiger charge is 2.65. The van der Waals surface area contributed by atoms with Crippen LogP contribution in [0, 0.1) is 17.3 Å². The zero-order valence-corrected chi connectivity index (χ0v) is 11.5. The average molecular weight is 267 g/mol. The number of nitrogens with one attached hydrogen (secondary N) is 1. The summed E-state index contributed by atoms with van der Waals surface area (Å²) >= 11 is 1.58. The molecule has 0 bridgehead atoms. The van der Waals surface area contributed by atoms with Gasteiger partial charge < -0.3 is 10.4 Å². The zero-order valence-electron chi connectivity index (χ0n) is 10.6. The maximum absolute atomic E-state index is 12.1. The molecule has 1 aliphatic rings. The van der Waals surface area contributed by atoms with E-state index in [4.69, 9.17) is 5.11 Å². The van der Waals surface area contributed by atoms with Crippen LogP contribution in [0.25, 0.3) is 0 Å². The SMILES string of the molecule is C[C@@H](NC(=O)[C@H]1[C@@H](C(=O)O)C1(C)C)c1cccs1. The molecule has 98 valence electrons. The molecule has 1 aromatic heterocycles. The van der Waals surface area contributed by atoms with Gasteiger partial charge in [-0.15, -0.1) is 11.3 Å². The van der Waals surface area contributed by atoms with Crippen molar-refractivity contribution in [1.29, 1.82) is 0 Å². The molecule has 2 rings (SSSR count). The number of thiophene rings is 1. The smallest absolute Gasteiger partial charge is 0.307 e. The van der Waals surface area contributed by atoms with Crippen molar-refractivity contribution < 1.29 is 14.7 Å². The van der Waals surface area contributed by atoms with Gasteiger partial charge in [0.25, 0.3) is 0 Å². The Morgan fingerprint density at radius 2 is 2.11 bits per heavy atom. The van der Waals surface area contributed by atoms with Crippen LogP contribution in [-0.2, 0) is 9.59 Å². The van der Waals surface area contributed by atoms with E-state index in [0.717, 1.165) is 4.88 Å². The maximum Gasteiger partial charge on any atom is 0.307 e. The molecule has 0 unspecified atom stereocenters. The van der Waals surface area contributed by atoms with Crippen molar-refractivity contribution in [1.82, 2.24) is 5.32 Å². The molecule has 3 atom stereocenters. The summed E-state index contributed by atoms with van der Waals surface area (Å²) in [6.45, 7) is 5.56. The summed E-state index contributed by atoms with van der Waals surface area (Å²) in [5, 5.41) is 13.9. The molecule has 2 N–H and O–H groups in total. The molecule has 0 radical (unpaired) electrons. The fourth-order valence-corrected chi connectivity index (χ4v) is 3.23. The van der Waals surface area contributed by atoms with Gasteiger partial charge in [0, 0.05) is 4.88 Å². The molecule has 1 aromatic rings. The van der Waals surface area contributed by atoms with Crippen molar-refractivity contribution in [3.8, 4) is 0 Å². The van der Waals surface area contributed by atoms with Gasteiger partial charge in [-0.25, -0.2) is 0 Å². The van der Waals surface area contributed by atoms with Crippen molar-refractivity contribution in [3.63, 3.8) is 0 Å². The number of carbonyl (C=O) groups excluding carboxylic acids is 1. The molecule has 5 heteroatoms. The molecular formula is C13H17NO3S. The van der Waals surface area contributed by atoms with Gasteiger partial charge in [0.1, 0.15) is 0 Å². The lowest BCUT2D eigenvalue weighted by Crippen LogP contribution is -2.29. The summed E-state index contributed by atoms with van der Waals surface area (Å²) in [6, 6.07) is 3.83. The van der Waals surface area contributed by atoms with Gasteiger partial charge in [0.2, 0.25) is 5.91 Å². The molecule has 0 aliphatic heterocycles. The van der Waals surface area contributed by atoms with Crippen molar-refractivity contribution in [2.24, 2.45) is 17.3 Å². The Morgan fingerprint density at radius 1 is 1.44 bits per heavy atom. The Bertz CT molecular complexity index is 467. The molecular weight excluding hydrogens is 250 g/mol. The Hall–Kier alpha value is -1.36. The van der Waals surface area contributed by atoms with E-state index >= 15 is 0 Å². The van der Waals surface area contributed by atoms with Gasteiger partial charge >= 0.3 is 5.97 Å². The largest absolute Gasteiger partial charge is 0.481 e. The van der Waals surface area contributed by atoms with E-state index in [0.29, 0.717) is 0 Å². The fourth-order valence-electron chi connectivity index (χ4n) is 2.50. The second-order valence-electron chi connectivity index (χ2n) is 5.36. The van der Waals surface area contributed by atoms with E-state index in [1.54, 1.807) is 11.3 Å². The number of carboxylic acids is 1. The van der Waals surface area contributed by atoms with Crippen molar-refractivity contribution in [3.05, 3.63) is 22.4 Å². The fraction of sp³-hybridized carbons (Fsp3) is 0.538. The molecule has 1 heterocycles. The maximum atomic E-state index is 12.1. The first-order valence-electron chi connectivity index (χ1n) is 5.92. The number of amides is 1. The lowest BCUT2D eigenvalue weighted by molar-refractivity contribution is -0.140. The summed E-state index contributed by atoms with van der Waals surface area (Å²) in [4.78, 5) is 24.2. The van der Waals surface area contributed by atoms with Crippen molar-refractivity contribution >= 4 is 23.2 Å². The number of hydrogen-bond donors (Lipinski definition) is 2. The van der Waals surface area contributed by atoms with E-state index in [2.05, 4.69) is 5.32 Å². The monoisotopic (exact) mass is 267 g/mol. The summed E-state index contributed by atoms with van der Waals surface area (Å²) in [7, 11) is 0. The van der Waals surface area contributed by atoms with Crippen molar-refractivity contribution in [2.45, 2.75) is 26.8 Å². The molecule has 18 heavy (non-hydrogen) atoms. The topological polar surface area (TPSA) is 66.4 Å². The second kappa shape index (κ2) is 4.39. The molecule has 1 fully saturated rings. The predicted molar refractivity (Wildman–Crippen MR) is 69.3 cm³/mol. The van der Waals surface area contributed by atoms with Crippen LogP contribution in [0.5, 0.6) is 0 Å². The third-order valence-corrected chi connectivity index (χ3v) is 4.76. The van der Waals surface area contributed by atoms with E-state index in [1.165, 1.54) is 0 Å². The quantitative estimate of drug-likeness (QED) is 0.879. The Labute approximate surface area is 110 Å². The number of hydrogen-bond acceptors (Lipinski definition) is 3. The highest BCUT2D eigenvalue weighted by Crippen LogP contribution is 2.58. The Kier molecular flexibility index (Phi) is 3.19. The summed E-state index contributed by atoms with van der Waals surface area (Å²) < 4.78 is 0. The Balaban J connectivity index is 2.00. The minimum Gasteiger partial charge on any atom is -0.481 e. The zero-order chi connectivity index (χ0) is 13.5. The van der Waals surface area contributed by atoms with Gasteiger partial charge in [-0.2, -0.15) is 0 Å². The van der Waals surface area contributed by atoms with Crippen LogP contribution in [-0.4, -0.2) is 17.0 Å². The minimum atomic E-state index is -0.885. The van der Waals surface area contributed by atoms with Gasteiger partial charge in [0.05, 0.1) is 17.9 Å². The number of carbonyl (C=O) groups is 2. The number of carboxylic acid groups (broad SMARTS) is 1. The lowest BCUT2D eigenvalue weighted by atomic mass is 10.1. The molecule has 4 nitrogen and oxygen atoms in total. The van der Waals surface area contributed by atoms with Crippen LogP contribution >= 0.6 is 11.3 Å². The molecule has 0 spiro atoms. The summed E-state index contributed by atoms with van der Waals surface area (Å²) in [5.41, 5.74) is -0.439. The van der Waals surface area contributed by atoms with E-state index in [9.17, 15) is 9.59 Å². The molecule has 1 aliphatic carbocycles. The number of rotatable bonds is 4. The van der Waals surface area contributed by atoms with Gasteiger partial charge in [-0.1, -0.05) is 19.9 Å². The molecule has 1 amide bonds. The van der Waals surface area contributed by atoms with E-state index in [-0.39, 0.29) is 11.9 Å². The third-order valence-electron chi connectivity index (χ3n) is 3.70. The van der Waals surface area contributed by atoms with Gasteiger partial charge in [-0.3, -0.25) is 9.59 Å². The van der Waals surface area contributed by atoms with E-state index < -0.39 is 23.2 Å². The second-order valence-corrected chi connectivity index (χ2v) is 6.34. The minimum absolute atomic E-state index is 0.0663.